The van der Waals surface area contributed by atoms with Gasteiger partial charge in [0.05, 0.1) is 18.9 Å². The fraction of sp³-hybridized carbons (Fsp3) is 0.824. The topological polar surface area (TPSA) is 84.9 Å². The molecule has 0 bridgehead atoms. The minimum absolute atomic E-state index is 0.0369. The summed E-state index contributed by atoms with van der Waals surface area (Å²) in [4.78, 5) is 38.1. The Balaban J connectivity index is 1.44. The lowest BCUT2D eigenvalue weighted by molar-refractivity contribution is -0.156. The Labute approximate surface area is 141 Å². The Kier molecular flexibility index (Phi) is 3.69. The average molecular weight is 336 g/mol. The van der Waals surface area contributed by atoms with Crippen LogP contribution in [0.5, 0.6) is 0 Å². The Morgan fingerprint density at radius 2 is 1.75 bits per heavy atom. The predicted octanol–water partition coefficient (Wildman–Crippen LogP) is 1.35. The molecule has 0 unspecified atom stereocenters. The Bertz CT molecular complexity index is 561. The van der Waals surface area contributed by atoms with Gasteiger partial charge in [0.15, 0.2) is 0 Å². The van der Waals surface area contributed by atoms with Crippen molar-refractivity contribution in [2.75, 3.05) is 19.6 Å². The van der Waals surface area contributed by atoms with Gasteiger partial charge in [0, 0.05) is 25.9 Å². The zero-order valence-electron chi connectivity index (χ0n) is 13.8. The second-order valence-electron chi connectivity index (χ2n) is 7.61. The number of likely N-dealkylation sites (tertiary alicyclic amines) is 1. The highest BCUT2D eigenvalue weighted by Gasteiger charge is 2.54. The number of hydrogen-bond acceptors (Lipinski definition) is 5. The van der Waals surface area contributed by atoms with Crippen molar-refractivity contribution in [2.24, 2.45) is 5.92 Å². The molecule has 3 heterocycles. The molecule has 24 heavy (non-hydrogen) atoms. The maximum atomic E-state index is 13.1. The van der Waals surface area contributed by atoms with Crippen molar-refractivity contribution >= 4 is 18.0 Å². The fourth-order valence-corrected chi connectivity index (χ4v) is 4.74. The van der Waals surface area contributed by atoms with Crippen LogP contribution in [-0.2, 0) is 19.1 Å². The summed E-state index contributed by atoms with van der Waals surface area (Å²) in [5.74, 6) is -0.545. The zero-order valence-corrected chi connectivity index (χ0v) is 13.8. The zero-order chi connectivity index (χ0) is 16.8. The van der Waals surface area contributed by atoms with E-state index < -0.39 is 11.2 Å². The molecule has 0 radical (unpaired) electrons. The van der Waals surface area contributed by atoms with E-state index >= 15 is 0 Å². The van der Waals surface area contributed by atoms with E-state index in [-0.39, 0.29) is 30.3 Å². The Morgan fingerprint density at radius 3 is 2.38 bits per heavy atom. The molecule has 0 aromatic heterocycles. The van der Waals surface area contributed by atoms with Crippen LogP contribution in [0.15, 0.2) is 0 Å². The van der Waals surface area contributed by atoms with Crippen LogP contribution in [-0.4, -0.2) is 53.7 Å². The van der Waals surface area contributed by atoms with Gasteiger partial charge in [0.1, 0.15) is 11.2 Å². The normalized spacial score (nSPS) is 31.0. The van der Waals surface area contributed by atoms with E-state index in [4.69, 9.17) is 9.47 Å². The van der Waals surface area contributed by atoms with Gasteiger partial charge in [-0.1, -0.05) is 6.42 Å². The molecule has 4 aliphatic rings. The molecule has 0 aromatic carbocycles. The molecule has 2 amide bonds. The van der Waals surface area contributed by atoms with Gasteiger partial charge in [0.25, 0.3) is 0 Å². The predicted molar refractivity (Wildman–Crippen MR) is 83.0 cm³/mol. The van der Waals surface area contributed by atoms with Crippen LogP contribution in [0.1, 0.15) is 51.4 Å². The highest BCUT2D eigenvalue weighted by atomic mass is 16.6. The number of esters is 1. The largest absolute Gasteiger partial charge is 0.458 e. The van der Waals surface area contributed by atoms with Crippen molar-refractivity contribution < 1.29 is 23.9 Å². The first-order chi connectivity index (χ1) is 11.5. The second-order valence-corrected chi connectivity index (χ2v) is 7.61. The summed E-state index contributed by atoms with van der Waals surface area (Å²) in [6, 6.07) is 0. The van der Waals surface area contributed by atoms with Gasteiger partial charge in [-0.25, -0.2) is 4.79 Å². The van der Waals surface area contributed by atoms with Crippen LogP contribution >= 0.6 is 0 Å². The van der Waals surface area contributed by atoms with Gasteiger partial charge in [-0.2, -0.15) is 0 Å². The summed E-state index contributed by atoms with van der Waals surface area (Å²) >= 11 is 0. The fourth-order valence-electron chi connectivity index (χ4n) is 4.74. The van der Waals surface area contributed by atoms with Crippen LogP contribution in [0.2, 0.25) is 0 Å². The van der Waals surface area contributed by atoms with Gasteiger partial charge in [-0.05, 0) is 25.7 Å². The highest BCUT2D eigenvalue weighted by molar-refractivity contribution is 5.88. The minimum atomic E-state index is -0.567. The lowest BCUT2D eigenvalue weighted by atomic mass is 9.75. The van der Waals surface area contributed by atoms with Crippen LogP contribution in [0.4, 0.5) is 4.79 Å². The third-order valence-electron chi connectivity index (χ3n) is 6.17. The van der Waals surface area contributed by atoms with Crippen molar-refractivity contribution in [3.8, 4) is 0 Å². The average Bonchev–Trinajstić information content (AvgIpc) is 3.09. The van der Waals surface area contributed by atoms with E-state index in [1.807, 2.05) is 4.90 Å². The highest BCUT2D eigenvalue weighted by Crippen LogP contribution is 2.45. The molecule has 3 aliphatic heterocycles. The van der Waals surface area contributed by atoms with E-state index in [2.05, 4.69) is 5.32 Å². The smallest absolute Gasteiger partial charge is 0.407 e. The van der Waals surface area contributed by atoms with Gasteiger partial charge in [0.2, 0.25) is 5.91 Å². The van der Waals surface area contributed by atoms with E-state index in [0.29, 0.717) is 32.5 Å². The maximum absolute atomic E-state index is 13.1. The molecular weight excluding hydrogens is 312 g/mol. The van der Waals surface area contributed by atoms with Gasteiger partial charge < -0.3 is 19.7 Å². The summed E-state index contributed by atoms with van der Waals surface area (Å²) < 4.78 is 11.1. The SMILES string of the molecule is O=C1C[C@@H](C(=O)N2CCC3(CC2)CNC(=O)O3)C2(CCCCC2)O1. The van der Waals surface area contributed by atoms with E-state index in [1.165, 1.54) is 0 Å². The summed E-state index contributed by atoms with van der Waals surface area (Å²) in [5.41, 5.74) is -1.03. The molecule has 1 atom stereocenters. The van der Waals surface area contributed by atoms with Crippen molar-refractivity contribution in [3.05, 3.63) is 0 Å². The summed E-state index contributed by atoms with van der Waals surface area (Å²) in [6.45, 7) is 1.64. The number of nitrogens with zero attached hydrogens (tertiary/aromatic N) is 1. The number of nitrogens with one attached hydrogen (secondary N) is 1. The Morgan fingerprint density at radius 1 is 1.04 bits per heavy atom. The number of amides is 2. The van der Waals surface area contributed by atoms with E-state index in [1.54, 1.807) is 0 Å². The molecule has 1 saturated carbocycles. The molecule has 7 heteroatoms. The van der Waals surface area contributed by atoms with E-state index in [9.17, 15) is 14.4 Å². The third kappa shape index (κ3) is 2.54. The molecule has 1 aliphatic carbocycles. The number of piperidine rings is 1. The molecular formula is C17H24N2O5. The number of ether oxygens (including phenoxy) is 2. The molecule has 132 valence electrons. The van der Waals surface area contributed by atoms with Crippen LogP contribution in [0.25, 0.3) is 0 Å². The monoisotopic (exact) mass is 336 g/mol. The van der Waals surface area contributed by atoms with E-state index in [0.717, 1.165) is 32.1 Å². The van der Waals surface area contributed by atoms with Crippen molar-refractivity contribution in [3.63, 3.8) is 0 Å². The molecule has 7 nitrogen and oxygen atoms in total. The number of alkyl carbamates (subject to hydrolysis) is 1. The number of hydrogen-bond donors (Lipinski definition) is 1. The lowest BCUT2D eigenvalue weighted by Gasteiger charge is -2.41. The van der Waals surface area contributed by atoms with Crippen LogP contribution in [0, 0.1) is 5.92 Å². The number of carbonyl (C=O) groups excluding carboxylic acids is 3. The Hall–Kier alpha value is -1.79. The molecule has 4 fully saturated rings. The minimum Gasteiger partial charge on any atom is -0.458 e. The van der Waals surface area contributed by atoms with Gasteiger partial charge >= 0.3 is 12.1 Å². The molecule has 1 N–H and O–H groups in total. The maximum Gasteiger partial charge on any atom is 0.407 e. The third-order valence-corrected chi connectivity index (χ3v) is 6.17. The number of carbonyl (C=O) groups is 3. The van der Waals surface area contributed by atoms with Crippen LogP contribution < -0.4 is 5.32 Å². The molecule has 4 rings (SSSR count). The first-order valence-corrected chi connectivity index (χ1v) is 9.00. The van der Waals surface area contributed by atoms with Crippen molar-refractivity contribution in [1.82, 2.24) is 10.2 Å². The molecule has 3 saturated heterocycles. The lowest BCUT2D eigenvalue weighted by Crippen LogP contribution is -2.53. The van der Waals surface area contributed by atoms with Crippen LogP contribution in [0.3, 0.4) is 0 Å². The van der Waals surface area contributed by atoms with Gasteiger partial charge in [-0.15, -0.1) is 0 Å². The van der Waals surface area contributed by atoms with Crippen molar-refractivity contribution in [1.29, 1.82) is 0 Å². The summed E-state index contributed by atoms with van der Waals surface area (Å²) in [7, 11) is 0. The number of rotatable bonds is 1. The summed E-state index contributed by atoms with van der Waals surface area (Å²) in [5, 5.41) is 2.70. The first-order valence-electron chi connectivity index (χ1n) is 9.00. The second kappa shape index (κ2) is 5.63. The standard InChI is InChI=1S/C17H24N2O5/c20-13-10-12(17(23-13)4-2-1-3-5-17)14(21)19-8-6-16(7-9-19)11-18-15(22)24-16/h12H,1-11H2,(H,18,22)/t12-/m0/s1. The quantitative estimate of drug-likeness (QED) is 0.731. The molecule has 2 spiro atoms. The first kappa shape index (κ1) is 15.7. The van der Waals surface area contributed by atoms with Gasteiger partial charge in [-0.3, -0.25) is 9.59 Å². The molecule has 0 aromatic rings. The van der Waals surface area contributed by atoms with Crippen molar-refractivity contribution in [2.45, 2.75) is 62.6 Å². The summed E-state index contributed by atoms with van der Waals surface area (Å²) in [6.07, 6.45) is 5.90.